The number of carbonyl (C=O) groups excluding carboxylic acids is 1. The van der Waals surface area contributed by atoms with Crippen LogP contribution in [0.1, 0.15) is 33.2 Å². The predicted octanol–water partition coefficient (Wildman–Crippen LogP) is 6.86. The number of para-hydroxylation sites is 1. The maximum absolute atomic E-state index is 14.0. The molecule has 2 aliphatic heterocycles. The summed E-state index contributed by atoms with van der Waals surface area (Å²) in [6.45, 7) is 2.74. The van der Waals surface area contributed by atoms with E-state index in [1.54, 1.807) is 0 Å². The molecule has 2 aliphatic rings. The molecule has 1 amide bonds. The van der Waals surface area contributed by atoms with Crippen molar-refractivity contribution >= 4 is 29.0 Å². The van der Waals surface area contributed by atoms with Gasteiger partial charge in [0.15, 0.2) is 0 Å². The number of amides is 1. The van der Waals surface area contributed by atoms with Crippen LogP contribution in [-0.4, -0.2) is 23.5 Å². The molecule has 1 fully saturated rings. The summed E-state index contributed by atoms with van der Waals surface area (Å²) in [5, 5.41) is 0. The largest absolute Gasteiger partial charge is 0.489 e. The van der Waals surface area contributed by atoms with Gasteiger partial charge in [-0.2, -0.15) is 11.8 Å². The number of carbonyl (C=O) groups is 1. The molecule has 180 valence electrons. The van der Waals surface area contributed by atoms with Gasteiger partial charge >= 0.3 is 0 Å². The Balaban J connectivity index is 1.47. The Morgan fingerprint density at radius 2 is 1.53 bits per heavy atom. The summed E-state index contributed by atoms with van der Waals surface area (Å²) in [6.07, 6.45) is -0.00811. The molecule has 4 aromatic carbocycles. The first-order chi connectivity index (χ1) is 17.7. The van der Waals surface area contributed by atoms with Gasteiger partial charge in [0.2, 0.25) is 0 Å². The second kappa shape index (κ2) is 9.75. The zero-order valence-electron chi connectivity index (χ0n) is 20.2. The van der Waals surface area contributed by atoms with E-state index >= 15 is 0 Å². The third-order valence-electron chi connectivity index (χ3n) is 6.80. The van der Waals surface area contributed by atoms with Crippen LogP contribution in [0.4, 0.5) is 11.4 Å². The Morgan fingerprint density at radius 1 is 0.833 bits per heavy atom. The summed E-state index contributed by atoms with van der Waals surface area (Å²) < 4.78 is 6.10. The summed E-state index contributed by atoms with van der Waals surface area (Å²) in [6, 6.07) is 34.9. The molecule has 4 nitrogen and oxygen atoms in total. The first-order valence-corrected chi connectivity index (χ1v) is 13.5. The van der Waals surface area contributed by atoms with Gasteiger partial charge in [-0.25, -0.2) is 0 Å². The number of benzene rings is 4. The van der Waals surface area contributed by atoms with Gasteiger partial charge in [-0.15, -0.1) is 0 Å². The lowest BCUT2D eigenvalue weighted by Crippen LogP contribution is -2.49. The highest BCUT2D eigenvalue weighted by Gasteiger charge is 2.39. The Labute approximate surface area is 216 Å². The number of anilines is 2. The van der Waals surface area contributed by atoms with E-state index in [2.05, 4.69) is 66.4 Å². The molecule has 0 aliphatic carbocycles. The van der Waals surface area contributed by atoms with E-state index in [0.29, 0.717) is 18.2 Å². The van der Waals surface area contributed by atoms with Crippen LogP contribution in [0.15, 0.2) is 103 Å². The highest BCUT2D eigenvalue weighted by molar-refractivity contribution is 8.00. The Hall–Kier alpha value is -3.70. The lowest BCUT2D eigenvalue weighted by atomic mass is 9.99. The lowest BCUT2D eigenvalue weighted by molar-refractivity contribution is 0.0968. The molecule has 4 aromatic rings. The third kappa shape index (κ3) is 4.35. The van der Waals surface area contributed by atoms with E-state index in [1.165, 1.54) is 5.56 Å². The second-order valence-corrected chi connectivity index (χ2v) is 10.4. The SMILES string of the molecule is Cc1ccc(N2C(=O)c3ccccc3N(Cc3ccccc3)[C@H]2c2ccc(OC3CSC3)cc2)cc1. The van der Waals surface area contributed by atoms with Crippen molar-refractivity contribution in [3.8, 4) is 5.75 Å². The molecule has 1 saturated heterocycles. The Morgan fingerprint density at radius 3 is 2.22 bits per heavy atom. The summed E-state index contributed by atoms with van der Waals surface area (Å²) in [7, 11) is 0. The minimum atomic E-state index is -0.302. The smallest absolute Gasteiger partial charge is 0.262 e. The van der Waals surface area contributed by atoms with E-state index in [9.17, 15) is 4.79 Å². The number of fused-ring (bicyclic) bond motifs is 1. The van der Waals surface area contributed by atoms with Gasteiger partial charge in [0.25, 0.3) is 5.91 Å². The normalized spacial score (nSPS) is 17.5. The molecule has 1 atom stereocenters. The van der Waals surface area contributed by atoms with Gasteiger partial charge in [-0.1, -0.05) is 72.3 Å². The Kier molecular flexibility index (Phi) is 6.16. The van der Waals surface area contributed by atoms with Gasteiger partial charge < -0.3 is 9.64 Å². The molecular weight excluding hydrogens is 464 g/mol. The fourth-order valence-corrected chi connectivity index (χ4v) is 5.42. The number of thioether (sulfide) groups is 1. The van der Waals surface area contributed by atoms with Gasteiger partial charge in [0.1, 0.15) is 18.0 Å². The van der Waals surface area contributed by atoms with E-state index in [-0.39, 0.29) is 12.1 Å². The zero-order chi connectivity index (χ0) is 24.5. The summed E-state index contributed by atoms with van der Waals surface area (Å²) in [5.41, 5.74) is 5.95. The molecule has 0 bridgehead atoms. The summed E-state index contributed by atoms with van der Waals surface area (Å²) in [5.74, 6) is 2.97. The van der Waals surface area contributed by atoms with Gasteiger partial charge in [0.05, 0.1) is 11.3 Å². The fraction of sp³-hybridized carbons (Fsp3) is 0.194. The van der Waals surface area contributed by atoms with Gasteiger partial charge in [0, 0.05) is 23.7 Å². The standard InChI is InChI=1S/C31H28N2O2S/c1-22-11-15-25(16-12-22)33-30(24-13-17-26(18-14-24)35-27-20-36-21-27)32(19-23-7-3-2-4-8-23)29-10-6-5-9-28(29)31(33)34/h2-18,27,30H,19-21H2,1H3/t30-/m1/s1. The number of hydrogen-bond donors (Lipinski definition) is 0. The average Bonchev–Trinajstić information content (AvgIpc) is 2.89. The summed E-state index contributed by atoms with van der Waals surface area (Å²) >= 11 is 1.91. The van der Waals surface area contributed by atoms with Crippen molar-refractivity contribution in [3.63, 3.8) is 0 Å². The molecule has 0 N–H and O–H groups in total. The molecule has 36 heavy (non-hydrogen) atoms. The van der Waals surface area contributed by atoms with Gasteiger partial charge in [-0.05, 0) is 54.4 Å². The first kappa shape index (κ1) is 22.7. The van der Waals surface area contributed by atoms with Crippen LogP contribution in [0, 0.1) is 6.92 Å². The van der Waals surface area contributed by atoms with Crippen LogP contribution in [-0.2, 0) is 6.54 Å². The van der Waals surface area contributed by atoms with E-state index in [4.69, 9.17) is 4.74 Å². The highest BCUT2D eigenvalue weighted by atomic mass is 32.2. The van der Waals surface area contributed by atoms with Crippen LogP contribution in [0.2, 0.25) is 0 Å². The number of hydrogen-bond acceptors (Lipinski definition) is 4. The first-order valence-electron chi connectivity index (χ1n) is 12.3. The molecular formula is C31H28N2O2S. The van der Waals surface area contributed by atoms with Crippen molar-refractivity contribution in [1.29, 1.82) is 0 Å². The van der Waals surface area contributed by atoms with Crippen molar-refractivity contribution < 1.29 is 9.53 Å². The van der Waals surface area contributed by atoms with E-state index in [1.807, 2.05) is 65.2 Å². The number of ether oxygens (including phenoxy) is 1. The third-order valence-corrected chi connectivity index (χ3v) is 8.01. The quantitative estimate of drug-likeness (QED) is 0.295. The van der Waals surface area contributed by atoms with Crippen molar-refractivity contribution in [2.24, 2.45) is 0 Å². The van der Waals surface area contributed by atoms with Crippen molar-refractivity contribution in [2.45, 2.75) is 25.7 Å². The second-order valence-electron chi connectivity index (χ2n) is 9.36. The molecule has 0 spiro atoms. The van der Waals surface area contributed by atoms with Crippen LogP contribution in [0.3, 0.4) is 0 Å². The molecule has 6 rings (SSSR count). The maximum Gasteiger partial charge on any atom is 0.262 e. The Bertz CT molecular complexity index is 1350. The molecule has 2 heterocycles. The fourth-order valence-electron chi connectivity index (χ4n) is 4.85. The van der Waals surface area contributed by atoms with Crippen molar-refractivity contribution in [2.75, 3.05) is 21.3 Å². The molecule has 0 saturated carbocycles. The topological polar surface area (TPSA) is 32.8 Å². The molecule has 0 aromatic heterocycles. The zero-order valence-corrected chi connectivity index (χ0v) is 21.0. The maximum atomic E-state index is 14.0. The molecule has 5 heteroatoms. The van der Waals surface area contributed by atoms with Crippen LogP contribution >= 0.6 is 11.8 Å². The van der Waals surface area contributed by atoms with E-state index in [0.717, 1.165) is 39.8 Å². The minimum Gasteiger partial charge on any atom is -0.489 e. The number of rotatable bonds is 6. The van der Waals surface area contributed by atoms with E-state index < -0.39 is 0 Å². The molecule has 0 radical (unpaired) electrons. The molecule has 0 unspecified atom stereocenters. The van der Waals surface area contributed by atoms with Crippen LogP contribution < -0.4 is 14.5 Å². The van der Waals surface area contributed by atoms with Crippen LogP contribution in [0.25, 0.3) is 0 Å². The van der Waals surface area contributed by atoms with Crippen molar-refractivity contribution in [1.82, 2.24) is 0 Å². The monoisotopic (exact) mass is 492 g/mol. The number of aryl methyl sites for hydroxylation is 1. The van der Waals surface area contributed by atoms with Crippen molar-refractivity contribution in [3.05, 3.63) is 125 Å². The lowest BCUT2D eigenvalue weighted by Gasteiger charge is -2.46. The van der Waals surface area contributed by atoms with Gasteiger partial charge in [-0.3, -0.25) is 9.69 Å². The van der Waals surface area contributed by atoms with Crippen LogP contribution in [0.5, 0.6) is 5.75 Å². The minimum absolute atomic E-state index is 0.00980. The number of nitrogens with zero attached hydrogens (tertiary/aromatic N) is 2. The highest BCUT2D eigenvalue weighted by Crippen LogP contribution is 2.42. The predicted molar refractivity (Wildman–Crippen MR) is 148 cm³/mol. The summed E-state index contributed by atoms with van der Waals surface area (Å²) in [4.78, 5) is 18.3. The average molecular weight is 493 g/mol.